The molecule has 0 radical (unpaired) electrons. The number of hydrogen-bond donors (Lipinski definition) is 1. The third kappa shape index (κ3) is 2.97. The van der Waals surface area contributed by atoms with Gasteiger partial charge in [-0.1, -0.05) is 18.5 Å². The highest BCUT2D eigenvalue weighted by Gasteiger charge is 2.27. The van der Waals surface area contributed by atoms with Crippen molar-refractivity contribution < 1.29 is 0 Å². The van der Waals surface area contributed by atoms with Crippen LogP contribution in [0.4, 0.5) is 0 Å². The van der Waals surface area contributed by atoms with E-state index in [1.165, 1.54) is 17.7 Å². The lowest BCUT2D eigenvalue weighted by molar-refractivity contribution is 0.463. The lowest BCUT2D eigenvalue weighted by Crippen LogP contribution is -2.21. The van der Waals surface area contributed by atoms with E-state index in [2.05, 4.69) is 12.2 Å². The van der Waals surface area contributed by atoms with Crippen molar-refractivity contribution in [3.63, 3.8) is 0 Å². The highest BCUT2D eigenvalue weighted by atomic mass is 35.5. The van der Waals surface area contributed by atoms with Crippen molar-refractivity contribution in [2.75, 3.05) is 6.54 Å². The molecular weight excluding hydrogens is 214 g/mol. The van der Waals surface area contributed by atoms with E-state index in [0.717, 1.165) is 29.9 Å². The first-order chi connectivity index (χ1) is 6.75. The molecule has 0 amide bonds. The van der Waals surface area contributed by atoms with Gasteiger partial charge in [0.25, 0.3) is 0 Å². The van der Waals surface area contributed by atoms with Crippen molar-refractivity contribution in [3.05, 3.63) is 21.3 Å². The summed E-state index contributed by atoms with van der Waals surface area (Å²) in [4.78, 5) is 1.33. The van der Waals surface area contributed by atoms with Gasteiger partial charge in [0.15, 0.2) is 0 Å². The predicted molar refractivity (Wildman–Crippen MR) is 62.9 cm³/mol. The molecule has 1 fully saturated rings. The number of halogens is 1. The van der Waals surface area contributed by atoms with Crippen LogP contribution >= 0.6 is 22.9 Å². The topological polar surface area (TPSA) is 12.0 Å². The fraction of sp³-hybridized carbons (Fsp3) is 0.636. The first-order valence-corrected chi connectivity index (χ1v) is 6.45. The molecule has 1 aliphatic rings. The Bertz CT molecular complexity index is 293. The predicted octanol–water partition coefficient (Wildman–Crippen LogP) is 3.54. The van der Waals surface area contributed by atoms with E-state index in [1.54, 1.807) is 11.3 Å². The number of nitrogens with one attached hydrogen (secondary N) is 1. The molecule has 78 valence electrons. The molecule has 1 aromatic heterocycles. The maximum absolute atomic E-state index is 5.84. The van der Waals surface area contributed by atoms with Gasteiger partial charge < -0.3 is 5.32 Å². The van der Waals surface area contributed by atoms with E-state index in [0.29, 0.717) is 0 Å². The third-order valence-corrected chi connectivity index (χ3v) is 4.10. The summed E-state index contributed by atoms with van der Waals surface area (Å²) in [5, 5.41) is 6.34. The van der Waals surface area contributed by atoms with Crippen molar-refractivity contribution >= 4 is 22.9 Å². The normalized spacial score (nSPS) is 18.4. The zero-order chi connectivity index (χ0) is 9.97. The standard InChI is InChI=1S/C11H16ClNS/c1-8(9-2-3-9)5-13-6-11-4-10(12)7-14-11/h4,7-9,13H,2-3,5-6H2,1H3. The Morgan fingerprint density at radius 1 is 1.64 bits per heavy atom. The monoisotopic (exact) mass is 229 g/mol. The largest absolute Gasteiger partial charge is 0.312 e. The van der Waals surface area contributed by atoms with Gasteiger partial charge in [-0.15, -0.1) is 11.3 Å². The summed E-state index contributed by atoms with van der Waals surface area (Å²) in [6, 6.07) is 2.04. The van der Waals surface area contributed by atoms with E-state index < -0.39 is 0 Å². The average Bonchev–Trinajstić information content (AvgIpc) is 2.92. The highest BCUT2D eigenvalue weighted by molar-refractivity contribution is 7.10. The Hall–Kier alpha value is -0.0500. The van der Waals surface area contributed by atoms with Gasteiger partial charge in [0.1, 0.15) is 0 Å². The number of rotatable bonds is 5. The Morgan fingerprint density at radius 3 is 3.00 bits per heavy atom. The summed E-state index contributed by atoms with van der Waals surface area (Å²) in [6.07, 6.45) is 2.88. The average molecular weight is 230 g/mol. The van der Waals surface area contributed by atoms with Crippen LogP contribution in [0.15, 0.2) is 11.4 Å². The first-order valence-electron chi connectivity index (χ1n) is 5.19. The summed E-state index contributed by atoms with van der Waals surface area (Å²) in [5.74, 6) is 1.83. The Labute approximate surface area is 94.5 Å². The van der Waals surface area contributed by atoms with Crippen molar-refractivity contribution in [1.29, 1.82) is 0 Å². The smallest absolute Gasteiger partial charge is 0.0516 e. The van der Waals surface area contributed by atoms with Gasteiger partial charge in [-0.25, -0.2) is 0 Å². The van der Waals surface area contributed by atoms with Crippen molar-refractivity contribution in [2.45, 2.75) is 26.3 Å². The summed E-state index contributed by atoms with van der Waals surface area (Å²) in [6.45, 7) is 4.45. The first kappa shape index (κ1) is 10.5. The fourth-order valence-electron chi connectivity index (χ4n) is 1.70. The van der Waals surface area contributed by atoms with Gasteiger partial charge in [0.05, 0.1) is 5.02 Å². The van der Waals surface area contributed by atoms with Gasteiger partial charge in [-0.3, -0.25) is 0 Å². The Kier molecular flexibility index (Phi) is 3.47. The Balaban J connectivity index is 1.67. The molecule has 0 bridgehead atoms. The van der Waals surface area contributed by atoms with Gasteiger partial charge in [-0.2, -0.15) is 0 Å². The molecule has 0 aromatic carbocycles. The van der Waals surface area contributed by atoms with E-state index in [1.807, 2.05) is 11.4 Å². The summed E-state index contributed by atoms with van der Waals surface area (Å²) in [5.41, 5.74) is 0. The van der Waals surface area contributed by atoms with Gasteiger partial charge in [-0.05, 0) is 37.3 Å². The molecule has 14 heavy (non-hydrogen) atoms. The minimum absolute atomic E-state index is 0.838. The van der Waals surface area contributed by atoms with Crippen molar-refractivity contribution in [3.8, 4) is 0 Å². The van der Waals surface area contributed by atoms with Crippen LogP contribution in [-0.4, -0.2) is 6.54 Å². The lowest BCUT2D eigenvalue weighted by atomic mass is 10.1. The fourth-order valence-corrected chi connectivity index (χ4v) is 2.74. The summed E-state index contributed by atoms with van der Waals surface area (Å²) in [7, 11) is 0. The number of hydrogen-bond acceptors (Lipinski definition) is 2. The maximum atomic E-state index is 5.84. The van der Waals surface area contributed by atoms with E-state index in [9.17, 15) is 0 Å². The van der Waals surface area contributed by atoms with Gasteiger partial charge in [0.2, 0.25) is 0 Å². The van der Waals surface area contributed by atoms with Crippen LogP contribution in [0.25, 0.3) is 0 Å². The molecule has 1 atom stereocenters. The van der Waals surface area contributed by atoms with Crippen LogP contribution in [-0.2, 0) is 6.54 Å². The quantitative estimate of drug-likeness (QED) is 0.815. The minimum Gasteiger partial charge on any atom is -0.312 e. The van der Waals surface area contributed by atoms with Gasteiger partial charge >= 0.3 is 0 Å². The van der Waals surface area contributed by atoms with Crippen molar-refractivity contribution in [2.24, 2.45) is 11.8 Å². The second-order valence-corrected chi connectivity index (χ2v) is 5.61. The van der Waals surface area contributed by atoms with Crippen LogP contribution in [0, 0.1) is 11.8 Å². The summed E-state index contributed by atoms with van der Waals surface area (Å²) >= 11 is 7.58. The maximum Gasteiger partial charge on any atom is 0.0516 e. The molecule has 0 spiro atoms. The molecule has 1 N–H and O–H groups in total. The lowest BCUT2D eigenvalue weighted by Gasteiger charge is -2.10. The third-order valence-electron chi connectivity index (χ3n) is 2.81. The molecular formula is C11H16ClNS. The second kappa shape index (κ2) is 4.65. The van der Waals surface area contributed by atoms with E-state index >= 15 is 0 Å². The zero-order valence-electron chi connectivity index (χ0n) is 8.42. The van der Waals surface area contributed by atoms with Crippen LogP contribution < -0.4 is 5.32 Å². The molecule has 1 aromatic rings. The SMILES string of the molecule is CC(CNCc1cc(Cl)cs1)C1CC1. The molecule has 1 heterocycles. The molecule has 2 rings (SSSR count). The minimum atomic E-state index is 0.838. The molecule has 3 heteroatoms. The van der Waals surface area contributed by atoms with E-state index in [-0.39, 0.29) is 0 Å². The van der Waals surface area contributed by atoms with Crippen LogP contribution in [0.5, 0.6) is 0 Å². The molecule has 1 unspecified atom stereocenters. The molecule has 1 nitrogen and oxygen atoms in total. The van der Waals surface area contributed by atoms with E-state index in [4.69, 9.17) is 11.6 Å². The van der Waals surface area contributed by atoms with Crippen molar-refractivity contribution in [1.82, 2.24) is 5.32 Å². The zero-order valence-corrected chi connectivity index (χ0v) is 10.00. The molecule has 0 saturated heterocycles. The van der Waals surface area contributed by atoms with Crippen LogP contribution in [0.1, 0.15) is 24.6 Å². The summed E-state index contributed by atoms with van der Waals surface area (Å²) < 4.78 is 0. The highest BCUT2D eigenvalue weighted by Crippen LogP contribution is 2.36. The molecule has 0 aliphatic heterocycles. The number of thiophene rings is 1. The van der Waals surface area contributed by atoms with Crippen LogP contribution in [0.3, 0.4) is 0 Å². The molecule has 1 aliphatic carbocycles. The molecule has 1 saturated carbocycles. The second-order valence-electron chi connectivity index (χ2n) is 4.18. The van der Waals surface area contributed by atoms with Gasteiger partial charge in [0, 0.05) is 16.8 Å². The van der Waals surface area contributed by atoms with Crippen LogP contribution in [0.2, 0.25) is 5.02 Å². The Morgan fingerprint density at radius 2 is 2.43 bits per heavy atom.